The van der Waals surface area contributed by atoms with Gasteiger partial charge in [-0.15, -0.1) is 0 Å². The molecule has 0 bridgehead atoms. The summed E-state index contributed by atoms with van der Waals surface area (Å²) in [4.78, 5) is 0. The summed E-state index contributed by atoms with van der Waals surface area (Å²) in [6, 6.07) is 0. The fourth-order valence-electron chi connectivity index (χ4n) is 1.22. The van der Waals surface area contributed by atoms with E-state index in [4.69, 9.17) is 5.73 Å². The van der Waals surface area contributed by atoms with Crippen molar-refractivity contribution >= 4 is 10.0 Å². The van der Waals surface area contributed by atoms with E-state index in [0.29, 0.717) is 13.0 Å². The average molecular weight is 222 g/mol. The van der Waals surface area contributed by atoms with E-state index in [9.17, 15) is 8.42 Å². The highest BCUT2D eigenvalue weighted by atomic mass is 32.2. The van der Waals surface area contributed by atoms with Crippen molar-refractivity contribution in [3.8, 4) is 0 Å². The third-order valence-electron chi connectivity index (χ3n) is 2.24. The maximum atomic E-state index is 11.6. The zero-order valence-corrected chi connectivity index (χ0v) is 9.94. The number of rotatable bonds is 8. The first-order valence-electron chi connectivity index (χ1n) is 5.27. The van der Waals surface area contributed by atoms with Gasteiger partial charge >= 0.3 is 0 Å². The summed E-state index contributed by atoms with van der Waals surface area (Å²) >= 11 is 0. The van der Waals surface area contributed by atoms with Gasteiger partial charge in [-0.3, -0.25) is 0 Å². The molecule has 0 aromatic carbocycles. The number of hydrogen-bond donors (Lipinski definition) is 2. The van der Waals surface area contributed by atoms with Crippen LogP contribution in [-0.2, 0) is 10.0 Å². The Morgan fingerprint density at radius 1 is 1.29 bits per heavy atom. The summed E-state index contributed by atoms with van der Waals surface area (Å²) in [5, 5.41) is -0.441. The predicted molar refractivity (Wildman–Crippen MR) is 59.6 cm³/mol. The van der Waals surface area contributed by atoms with E-state index in [1.165, 1.54) is 0 Å². The maximum Gasteiger partial charge on any atom is 0.215 e. The molecule has 1 unspecified atom stereocenters. The Morgan fingerprint density at radius 3 is 2.36 bits per heavy atom. The lowest BCUT2D eigenvalue weighted by molar-refractivity contribution is 0.556. The molecular formula is C9H22N2O2S. The summed E-state index contributed by atoms with van der Waals surface area (Å²) in [5.41, 5.74) is 5.38. The van der Waals surface area contributed by atoms with Crippen LogP contribution >= 0.6 is 0 Å². The van der Waals surface area contributed by atoms with E-state index in [1.807, 2.05) is 6.92 Å². The molecule has 0 saturated heterocycles. The molecule has 0 aliphatic rings. The summed E-state index contributed by atoms with van der Waals surface area (Å²) < 4.78 is 25.7. The molecule has 3 N–H and O–H groups in total. The minimum atomic E-state index is -3.18. The fourth-order valence-corrected chi connectivity index (χ4v) is 2.58. The molecule has 14 heavy (non-hydrogen) atoms. The van der Waals surface area contributed by atoms with Crippen molar-refractivity contribution in [1.82, 2.24) is 4.72 Å². The minimum Gasteiger partial charge on any atom is -0.329 e. The molecule has 0 saturated carbocycles. The van der Waals surface area contributed by atoms with Gasteiger partial charge in [0.1, 0.15) is 0 Å². The Morgan fingerprint density at radius 2 is 1.93 bits per heavy atom. The van der Waals surface area contributed by atoms with Crippen molar-refractivity contribution < 1.29 is 8.42 Å². The van der Waals surface area contributed by atoms with Crippen LogP contribution in [-0.4, -0.2) is 26.8 Å². The molecule has 0 rings (SSSR count). The molecule has 0 aromatic rings. The van der Waals surface area contributed by atoms with Gasteiger partial charge in [-0.2, -0.15) is 0 Å². The third kappa shape index (κ3) is 4.93. The Balaban J connectivity index is 3.94. The van der Waals surface area contributed by atoms with Gasteiger partial charge in [-0.25, -0.2) is 13.1 Å². The lowest BCUT2D eigenvalue weighted by Crippen LogP contribution is -2.39. The van der Waals surface area contributed by atoms with E-state index in [-0.39, 0.29) is 6.54 Å². The molecule has 1 atom stereocenters. The van der Waals surface area contributed by atoms with E-state index >= 15 is 0 Å². The van der Waals surface area contributed by atoms with Crippen LogP contribution in [0.4, 0.5) is 0 Å². The standard InChI is InChI=1S/C9H22N2O2S/c1-3-5-6-7-11-14(12,13)9(4-2)8-10/h9,11H,3-8,10H2,1-2H3. The first kappa shape index (κ1) is 13.9. The van der Waals surface area contributed by atoms with Crippen molar-refractivity contribution in [2.75, 3.05) is 13.1 Å². The Labute approximate surface area is 87.3 Å². The SMILES string of the molecule is CCCCCNS(=O)(=O)C(CC)CN. The number of nitrogens with one attached hydrogen (secondary N) is 1. The van der Waals surface area contributed by atoms with Crippen LogP contribution in [0.1, 0.15) is 39.5 Å². The number of hydrogen-bond acceptors (Lipinski definition) is 3. The second-order valence-corrected chi connectivity index (χ2v) is 5.46. The molecule has 0 spiro atoms. The van der Waals surface area contributed by atoms with Crippen LogP contribution in [0.5, 0.6) is 0 Å². The highest BCUT2D eigenvalue weighted by molar-refractivity contribution is 7.90. The number of unbranched alkanes of at least 4 members (excludes halogenated alkanes) is 2. The van der Waals surface area contributed by atoms with Crippen molar-refractivity contribution in [2.45, 2.75) is 44.8 Å². The van der Waals surface area contributed by atoms with Crippen molar-refractivity contribution in [3.05, 3.63) is 0 Å². The summed E-state index contributed by atoms with van der Waals surface area (Å²) in [6.45, 7) is 4.65. The molecule has 0 radical (unpaired) electrons. The van der Waals surface area contributed by atoms with Crippen molar-refractivity contribution in [2.24, 2.45) is 5.73 Å². The van der Waals surface area contributed by atoms with E-state index < -0.39 is 15.3 Å². The normalized spacial score (nSPS) is 14.2. The van der Waals surface area contributed by atoms with Gasteiger partial charge in [-0.1, -0.05) is 26.7 Å². The van der Waals surface area contributed by atoms with Crippen molar-refractivity contribution in [3.63, 3.8) is 0 Å². The van der Waals surface area contributed by atoms with E-state index in [1.54, 1.807) is 0 Å². The van der Waals surface area contributed by atoms with Gasteiger partial charge in [0.2, 0.25) is 10.0 Å². The topological polar surface area (TPSA) is 72.2 Å². The smallest absolute Gasteiger partial charge is 0.215 e. The van der Waals surface area contributed by atoms with Gasteiger partial charge in [0.05, 0.1) is 5.25 Å². The van der Waals surface area contributed by atoms with Gasteiger partial charge in [0.15, 0.2) is 0 Å². The van der Waals surface area contributed by atoms with Gasteiger partial charge in [-0.05, 0) is 12.8 Å². The quantitative estimate of drug-likeness (QED) is 0.598. The molecule has 4 nitrogen and oxygen atoms in total. The zero-order valence-electron chi connectivity index (χ0n) is 9.12. The molecule has 5 heteroatoms. The molecule has 0 aromatic heterocycles. The predicted octanol–water partition coefficient (Wildman–Crippen LogP) is 0.833. The van der Waals surface area contributed by atoms with Crippen LogP contribution in [0.2, 0.25) is 0 Å². The van der Waals surface area contributed by atoms with E-state index in [0.717, 1.165) is 19.3 Å². The zero-order chi connectivity index (χ0) is 11.0. The summed E-state index contributed by atoms with van der Waals surface area (Å²) in [7, 11) is -3.18. The fraction of sp³-hybridized carbons (Fsp3) is 1.00. The summed E-state index contributed by atoms with van der Waals surface area (Å²) in [5.74, 6) is 0. The minimum absolute atomic E-state index is 0.194. The molecule has 0 aliphatic carbocycles. The average Bonchev–Trinajstić information content (AvgIpc) is 2.14. The largest absolute Gasteiger partial charge is 0.329 e. The second-order valence-electron chi connectivity index (χ2n) is 3.41. The van der Waals surface area contributed by atoms with Crippen molar-refractivity contribution in [1.29, 1.82) is 0 Å². The third-order valence-corrected chi connectivity index (χ3v) is 4.25. The maximum absolute atomic E-state index is 11.6. The van der Waals surface area contributed by atoms with Gasteiger partial charge in [0, 0.05) is 13.1 Å². The highest BCUT2D eigenvalue weighted by Gasteiger charge is 2.20. The first-order chi connectivity index (χ1) is 6.58. The Kier molecular flexibility index (Phi) is 7.13. The molecule has 86 valence electrons. The Hall–Kier alpha value is -0.130. The van der Waals surface area contributed by atoms with E-state index in [2.05, 4.69) is 11.6 Å². The van der Waals surface area contributed by atoms with Gasteiger partial charge < -0.3 is 5.73 Å². The molecule has 0 fully saturated rings. The lowest BCUT2D eigenvalue weighted by Gasteiger charge is -2.14. The second kappa shape index (κ2) is 7.20. The van der Waals surface area contributed by atoms with Gasteiger partial charge in [0.25, 0.3) is 0 Å². The first-order valence-corrected chi connectivity index (χ1v) is 6.81. The Bertz CT molecular complexity index is 223. The van der Waals surface area contributed by atoms with Crippen LogP contribution in [0, 0.1) is 0 Å². The molecule has 0 aliphatic heterocycles. The lowest BCUT2D eigenvalue weighted by atomic mass is 10.3. The number of sulfonamides is 1. The number of nitrogens with two attached hydrogens (primary N) is 1. The van der Waals surface area contributed by atoms with Crippen LogP contribution in [0.3, 0.4) is 0 Å². The van der Waals surface area contributed by atoms with Crippen LogP contribution < -0.4 is 10.5 Å². The molecular weight excluding hydrogens is 200 g/mol. The monoisotopic (exact) mass is 222 g/mol. The van der Waals surface area contributed by atoms with Crippen LogP contribution in [0.15, 0.2) is 0 Å². The summed E-state index contributed by atoms with van der Waals surface area (Å²) in [6.07, 6.45) is 3.62. The van der Waals surface area contributed by atoms with Crippen LogP contribution in [0.25, 0.3) is 0 Å². The molecule has 0 amide bonds. The highest BCUT2D eigenvalue weighted by Crippen LogP contribution is 2.02. The molecule has 0 heterocycles.